The van der Waals surface area contributed by atoms with Gasteiger partial charge in [0.05, 0.1) is 18.0 Å². The van der Waals surface area contributed by atoms with Crippen LogP contribution in [0, 0.1) is 23.2 Å². The van der Waals surface area contributed by atoms with Crippen LogP contribution in [0.5, 0.6) is 0 Å². The van der Waals surface area contributed by atoms with Crippen molar-refractivity contribution in [2.45, 2.75) is 69.4 Å². The summed E-state index contributed by atoms with van der Waals surface area (Å²) in [7, 11) is 3.24. The van der Waals surface area contributed by atoms with Crippen LogP contribution in [0.2, 0.25) is 0 Å². The molecule has 4 N–H and O–H groups in total. The number of likely N-dealkylation sites (N-methyl/N-ethyl adjacent to an activating group) is 1. The molecule has 1 aliphatic heterocycles. The molecule has 1 aromatic heterocycles. The van der Waals surface area contributed by atoms with Crippen molar-refractivity contribution in [2.75, 3.05) is 27.2 Å². The van der Waals surface area contributed by atoms with E-state index in [9.17, 15) is 19.6 Å². The third kappa shape index (κ3) is 5.88. The summed E-state index contributed by atoms with van der Waals surface area (Å²) in [6.07, 6.45) is 11.3. The van der Waals surface area contributed by atoms with E-state index in [1.54, 1.807) is 19.0 Å². The number of nitrogens with zero attached hydrogens (tertiary/aromatic N) is 5. The molecule has 1 aromatic carbocycles. The minimum Gasteiger partial charge on any atom is -0.355 e. The first-order valence-electron chi connectivity index (χ1n) is 15.5. The lowest BCUT2D eigenvalue weighted by atomic mass is 9.60. The van der Waals surface area contributed by atoms with E-state index in [4.69, 9.17) is 0 Å². The second-order valence-corrected chi connectivity index (χ2v) is 11.9. The second kappa shape index (κ2) is 13.5. The van der Waals surface area contributed by atoms with E-state index in [1.807, 2.05) is 24.3 Å². The molecule has 2 aromatic rings. The maximum absolute atomic E-state index is 13.2. The van der Waals surface area contributed by atoms with Crippen LogP contribution in [0.4, 0.5) is 0 Å². The highest BCUT2D eigenvalue weighted by atomic mass is 16.2. The molecule has 5 rings (SSSR count). The molecule has 3 amide bonds. The summed E-state index contributed by atoms with van der Waals surface area (Å²) in [6, 6.07) is 7.61. The van der Waals surface area contributed by atoms with Gasteiger partial charge >= 0.3 is 0 Å². The maximum Gasteiger partial charge on any atom is 0.251 e. The van der Waals surface area contributed by atoms with E-state index in [0.29, 0.717) is 42.8 Å². The van der Waals surface area contributed by atoms with Gasteiger partial charge in [-0.05, 0) is 78.1 Å². The first-order chi connectivity index (χ1) is 21.4. The zero-order chi connectivity index (χ0) is 31.3. The molecule has 0 radical (unpaired) electrons. The number of hydrogen-bond donors (Lipinski definition) is 4. The molecule has 0 saturated carbocycles. The molecular weight excluding hydrogens is 558 g/mol. The predicted molar refractivity (Wildman–Crippen MR) is 163 cm³/mol. The molecule has 1 saturated heterocycles. The monoisotopic (exact) mass is 599 g/mol. The van der Waals surface area contributed by atoms with Gasteiger partial charge in [0.2, 0.25) is 5.91 Å². The number of hydrogen-bond acceptors (Lipinski definition) is 8. The number of H-pyrrole nitrogens is 1. The molecule has 2 heterocycles. The minimum atomic E-state index is -0.763. The van der Waals surface area contributed by atoms with Gasteiger partial charge in [-0.3, -0.25) is 14.4 Å². The van der Waals surface area contributed by atoms with E-state index in [2.05, 4.69) is 61.7 Å². The summed E-state index contributed by atoms with van der Waals surface area (Å²) in [5, 5.41) is 34.1. The number of aryl methyl sites for hydroxylation is 1. The van der Waals surface area contributed by atoms with Crippen LogP contribution >= 0.6 is 0 Å². The number of nitriles is 1. The number of nitrogens with one attached hydrogen (secondary N) is 4. The molecule has 5 atom stereocenters. The average Bonchev–Trinajstić information content (AvgIpc) is 3.75. The van der Waals surface area contributed by atoms with Crippen LogP contribution < -0.4 is 16.0 Å². The lowest BCUT2D eigenvalue weighted by Crippen LogP contribution is -2.49. The van der Waals surface area contributed by atoms with Gasteiger partial charge in [-0.2, -0.15) is 5.26 Å². The fourth-order valence-electron chi connectivity index (χ4n) is 7.37. The standard InChI is InChI=1S/C32H41N9O3/c1-4-6-24(36-19-28(42)41-14-5-7-25(41)18-33)17-32(31-37-39-40-38-31)26-12-10-22(29(43)34-2)15-20(26)8-9-21-16-23(30(44)35-3)11-13-27(21)32/h10-13,15-16,20,24-26,36H,4-9,14,17,19H2,1-3H3,(H,34,43)(H,35,44)(H,37,38,39,40). The number of rotatable bonds is 10. The highest BCUT2D eigenvalue weighted by Gasteiger charge is 2.51. The number of benzene rings is 1. The maximum atomic E-state index is 13.2. The summed E-state index contributed by atoms with van der Waals surface area (Å²) in [4.78, 5) is 40.3. The fourth-order valence-corrected chi connectivity index (χ4v) is 7.37. The Bertz CT molecular complexity index is 1480. The van der Waals surface area contributed by atoms with Gasteiger partial charge in [0.15, 0.2) is 5.82 Å². The van der Waals surface area contributed by atoms with Gasteiger partial charge in [0.25, 0.3) is 11.8 Å². The number of carbonyl (C=O) groups excluding carboxylic acids is 3. The van der Waals surface area contributed by atoms with Gasteiger partial charge in [-0.25, -0.2) is 5.10 Å². The number of tetrazole rings is 1. The van der Waals surface area contributed by atoms with Crippen LogP contribution in [-0.4, -0.2) is 82.5 Å². The van der Waals surface area contributed by atoms with Crippen molar-refractivity contribution in [2.24, 2.45) is 11.8 Å². The lowest BCUT2D eigenvalue weighted by Gasteiger charge is -2.43. The van der Waals surface area contributed by atoms with Gasteiger partial charge in [0.1, 0.15) is 6.04 Å². The van der Waals surface area contributed by atoms with Crippen LogP contribution in [0.15, 0.2) is 42.0 Å². The van der Waals surface area contributed by atoms with Gasteiger partial charge in [-0.15, -0.1) is 5.10 Å². The highest BCUT2D eigenvalue weighted by Crippen LogP contribution is 2.52. The van der Waals surface area contributed by atoms with E-state index in [1.165, 1.54) is 0 Å². The van der Waals surface area contributed by atoms with Gasteiger partial charge < -0.3 is 20.9 Å². The third-order valence-electron chi connectivity index (χ3n) is 9.46. The number of likely N-dealkylation sites (tertiary alicyclic amines) is 1. The summed E-state index contributed by atoms with van der Waals surface area (Å²) in [6.45, 7) is 2.84. The van der Waals surface area contributed by atoms with E-state index < -0.39 is 5.41 Å². The zero-order valence-electron chi connectivity index (χ0n) is 25.6. The Balaban J connectivity index is 1.59. The summed E-state index contributed by atoms with van der Waals surface area (Å²) >= 11 is 0. The Morgan fingerprint density at radius 2 is 2.02 bits per heavy atom. The van der Waals surface area contributed by atoms with Crippen LogP contribution in [0.25, 0.3) is 0 Å². The van der Waals surface area contributed by atoms with E-state index in [0.717, 1.165) is 36.8 Å². The van der Waals surface area contributed by atoms with Crippen molar-refractivity contribution in [3.63, 3.8) is 0 Å². The normalized spacial score (nSPS) is 24.7. The zero-order valence-corrected chi connectivity index (χ0v) is 25.6. The van der Waals surface area contributed by atoms with Crippen molar-refractivity contribution in [3.05, 3.63) is 64.5 Å². The first-order valence-corrected chi connectivity index (χ1v) is 15.5. The molecule has 0 spiro atoms. The van der Waals surface area contributed by atoms with Crippen molar-refractivity contribution in [3.8, 4) is 6.07 Å². The summed E-state index contributed by atoms with van der Waals surface area (Å²) < 4.78 is 0. The number of allylic oxidation sites excluding steroid dienone is 2. The second-order valence-electron chi connectivity index (χ2n) is 11.9. The molecular formula is C32H41N9O3. The number of fused-ring (bicyclic) bond motifs is 2. The third-order valence-corrected chi connectivity index (χ3v) is 9.46. The number of aromatic nitrogens is 4. The molecule has 44 heavy (non-hydrogen) atoms. The number of carbonyl (C=O) groups is 3. The largest absolute Gasteiger partial charge is 0.355 e. The Morgan fingerprint density at radius 3 is 2.73 bits per heavy atom. The van der Waals surface area contributed by atoms with Gasteiger partial charge in [-0.1, -0.05) is 37.6 Å². The van der Waals surface area contributed by atoms with Crippen molar-refractivity contribution in [1.29, 1.82) is 5.26 Å². The predicted octanol–water partition coefficient (Wildman–Crippen LogP) is 1.93. The topological polar surface area (TPSA) is 169 Å². The van der Waals surface area contributed by atoms with Crippen molar-refractivity contribution >= 4 is 17.7 Å². The Morgan fingerprint density at radius 1 is 1.20 bits per heavy atom. The molecule has 5 unspecified atom stereocenters. The van der Waals surface area contributed by atoms with E-state index >= 15 is 0 Å². The number of aromatic amines is 1. The number of amides is 3. The average molecular weight is 600 g/mol. The fraction of sp³-hybridized carbons (Fsp3) is 0.531. The Kier molecular flexibility index (Phi) is 9.54. The van der Waals surface area contributed by atoms with Crippen LogP contribution in [0.1, 0.15) is 72.8 Å². The molecule has 12 nitrogen and oxygen atoms in total. The van der Waals surface area contributed by atoms with Crippen molar-refractivity contribution < 1.29 is 14.4 Å². The summed E-state index contributed by atoms with van der Waals surface area (Å²) in [5.41, 5.74) is 2.48. The first kappa shape index (κ1) is 31.1. The van der Waals surface area contributed by atoms with Crippen LogP contribution in [-0.2, 0) is 21.4 Å². The van der Waals surface area contributed by atoms with Crippen molar-refractivity contribution in [1.82, 2.24) is 41.5 Å². The molecule has 0 bridgehead atoms. The molecule has 1 fully saturated rings. The SMILES string of the molecule is CCCC(CC1(c2nnn[nH]2)c2ccc(C(=O)NC)cc2CCC2C=C(C(=O)NC)C=CC21)NCC(=O)N1CCCC1C#N. The van der Waals surface area contributed by atoms with Gasteiger partial charge in [0, 0.05) is 43.7 Å². The van der Waals surface area contributed by atoms with E-state index in [-0.39, 0.29) is 48.2 Å². The quantitative estimate of drug-likeness (QED) is 0.321. The highest BCUT2D eigenvalue weighted by molar-refractivity contribution is 5.96. The molecule has 2 aliphatic carbocycles. The Hall–Kier alpha value is -4.37. The molecule has 12 heteroatoms. The Labute approximate surface area is 257 Å². The minimum absolute atomic E-state index is 0.0156. The lowest BCUT2D eigenvalue weighted by molar-refractivity contribution is -0.130. The molecule has 3 aliphatic rings. The molecule has 232 valence electrons. The summed E-state index contributed by atoms with van der Waals surface area (Å²) in [5.74, 6) is 0.0923. The smallest absolute Gasteiger partial charge is 0.251 e. The van der Waals surface area contributed by atoms with Crippen LogP contribution in [0.3, 0.4) is 0 Å².